The number of carbonyl (C=O) groups excluding carboxylic acids is 1. The highest BCUT2D eigenvalue weighted by Crippen LogP contribution is 2.20. The van der Waals surface area contributed by atoms with E-state index >= 15 is 0 Å². The number of hydrogen-bond acceptors (Lipinski definition) is 4. The maximum atomic E-state index is 10.9. The second kappa shape index (κ2) is 5.29. The van der Waals surface area contributed by atoms with E-state index in [1.807, 2.05) is 4.90 Å². The number of likely N-dealkylation sites (tertiary alicyclic amines) is 1. The molecule has 0 bridgehead atoms. The topological polar surface area (TPSA) is 75.8 Å². The van der Waals surface area contributed by atoms with Gasteiger partial charge in [-0.1, -0.05) is 0 Å². The Morgan fingerprint density at radius 2 is 2.43 bits per heavy atom. The number of nitrogens with two attached hydrogens (primary N) is 1. The Bertz CT molecular complexity index is 198. The van der Waals surface area contributed by atoms with Crippen LogP contribution in [0.15, 0.2) is 0 Å². The van der Waals surface area contributed by atoms with Crippen molar-refractivity contribution in [2.75, 3.05) is 26.8 Å². The number of primary amides is 1. The van der Waals surface area contributed by atoms with Crippen LogP contribution in [0.25, 0.3) is 0 Å². The number of ether oxygens (including phenoxy) is 1. The molecule has 3 N–H and O–H groups in total. The smallest absolute Gasteiger partial charge is 0.220 e. The van der Waals surface area contributed by atoms with Gasteiger partial charge in [0, 0.05) is 26.1 Å². The third-order valence-electron chi connectivity index (χ3n) is 2.67. The molecule has 2 unspecified atom stereocenters. The van der Waals surface area contributed by atoms with Gasteiger partial charge in [0.15, 0.2) is 0 Å². The van der Waals surface area contributed by atoms with Crippen LogP contribution in [0.4, 0.5) is 0 Å². The highest BCUT2D eigenvalue weighted by Gasteiger charge is 2.29. The van der Waals surface area contributed by atoms with Crippen LogP contribution in [0, 0.1) is 5.92 Å². The fraction of sp³-hybridized carbons (Fsp3) is 0.889. The van der Waals surface area contributed by atoms with Crippen molar-refractivity contribution in [2.45, 2.75) is 19.1 Å². The molecule has 1 heterocycles. The molecule has 1 rings (SSSR count). The highest BCUT2D eigenvalue weighted by molar-refractivity contribution is 5.76. The third-order valence-corrected chi connectivity index (χ3v) is 2.67. The van der Waals surface area contributed by atoms with E-state index in [0.29, 0.717) is 26.1 Å². The van der Waals surface area contributed by atoms with Crippen LogP contribution < -0.4 is 5.73 Å². The summed E-state index contributed by atoms with van der Waals surface area (Å²) in [5, 5.41) is 9.68. The maximum absolute atomic E-state index is 10.9. The molecule has 1 aliphatic heterocycles. The lowest BCUT2D eigenvalue weighted by Gasteiger charge is -2.34. The Balaban J connectivity index is 2.35. The molecular formula is C9H18N2O3. The van der Waals surface area contributed by atoms with Crippen molar-refractivity contribution in [1.82, 2.24) is 4.90 Å². The molecule has 82 valence electrons. The zero-order valence-corrected chi connectivity index (χ0v) is 8.48. The summed E-state index contributed by atoms with van der Waals surface area (Å²) >= 11 is 0. The summed E-state index contributed by atoms with van der Waals surface area (Å²) in [6, 6.07) is 0. The monoisotopic (exact) mass is 202 g/mol. The highest BCUT2D eigenvalue weighted by atomic mass is 16.5. The number of carbonyl (C=O) groups is 1. The first-order chi connectivity index (χ1) is 6.65. The van der Waals surface area contributed by atoms with E-state index < -0.39 is 6.23 Å². The molecule has 14 heavy (non-hydrogen) atoms. The van der Waals surface area contributed by atoms with Gasteiger partial charge in [0.1, 0.15) is 6.23 Å². The van der Waals surface area contributed by atoms with Gasteiger partial charge < -0.3 is 15.6 Å². The van der Waals surface area contributed by atoms with Crippen LogP contribution in [0.1, 0.15) is 12.8 Å². The minimum Gasteiger partial charge on any atom is -0.383 e. The Labute approximate surface area is 83.8 Å². The van der Waals surface area contributed by atoms with Gasteiger partial charge in [-0.2, -0.15) is 0 Å². The van der Waals surface area contributed by atoms with Gasteiger partial charge in [-0.15, -0.1) is 0 Å². The molecule has 5 heteroatoms. The Morgan fingerprint density at radius 3 is 2.93 bits per heavy atom. The fourth-order valence-corrected chi connectivity index (χ4v) is 1.72. The molecule has 0 spiro atoms. The Morgan fingerprint density at radius 1 is 1.71 bits per heavy atom. The number of piperidine rings is 1. The number of aliphatic hydroxyl groups is 1. The van der Waals surface area contributed by atoms with E-state index in [4.69, 9.17) is 10.5 Å². The van der Waals surface area contributed by atoms with E-state index in [0.717, 1.165) is 6.42 Å². The van der Waals surface area contributed by atoms with Crippen molar-refractivity contribution in [3.63, 3.8) is 0 Å². The first-order valence-electron chi connectivity index (χ1n) is 4.85. The summed E-state index contributed by atoms with van der Waals surface area (Å²) in [5.41, 5.74) is 5.18. The lowest BCUT2D eigenvalue weighted by Crippen LogP contribution is -2.46. The van der Waals surface area contributed by atoms with E-state index in [9.17, 15) is 9.90 Å². The van der Waals surface area contributed by atoms with Crippen LogP contribution in [-0.4, -0.2) is 48.9 Å². The summed E-state index contributed by atoms with van der Waals surface area (Å²) in [5.74, 6) is -0.487. The molecule has 1 fully saturated rings. The first kappa shape index (κ1) is 11.4. The predicted octanol–water partition coefficient (Wildman–Crippen LogP) is -0.851. The van der Waals surface area contributed by atoms with Gasteiger partial charge in [0.25, 0.3) is 0 Å². The zero-order chi connectivity index (χ0) is 10.6. The van der Waals surface area contributed by atoms with Crippen molar-refractivity contribution < 1.29 is 14.6 Å². The van der Waals surface area contributed by atoms with Crippen LogP contribution >= 0.6 is 0 Å². The summed E-state index contributed by atoms with van der Waals surface area (Å²) in [6.45, 7) is 2.00. The molecular weight excluding hydrogens is 184 g/mol. The van der Waals surface area contributed by atoms with Crippen molar-refractivity contribution in [3.05, 3.63) is 0 Å². The van der Waals surface area contributed by atoms with Gasteiger partial charge in [-0.05, 0) is 12.8 Å². The normalized spacial score (nSPS) is 29.0. The van der Waals surface area contributed by atoms with Gasteiger partial charge in [-0.25, -0.2) is 0 Å². The molecule has 0 aromatic rings. The molecule has 0 aliphatic carbocycles. The van der Waals surface area contributed by atoms with Crippen LogP contribution in [-0.2, 0) is 9.53 Å². The minimum absolute atomic E-state index is 0.177. The van der Waals surface area contributed by atoms with Crippen LogP contribution in [0.3, 0.4) is 0 Å². The second-order valence-corrected chi connectivity index (χ2v) is 3.63. The SMILES string of the molecule is COCCN1CCC(C(N)=O)CC1O. The fourth-order valence-electron chi connectivity index (χ4n) is 1.72. The van der Waals surface area contributed by atoms with Crippen LogP contribution in [0.5, 0.6) is 0 Å². The summed E-state index contributed by atoms with van der Waals surface area (Å²) in [4.78, 5) is 12.8. The average Bonchev–Trinajstić information content (AvgIpc) is 2.15. The molecule has 0 aromatic carbocycles. The number of hydrogen-bond donors (Lipinski definition) is 2. The molecule has 0 saturated carbocycles. The number of aliphatic hydroxyl groups excluding tert-OH is 1. The largest absolute Gasteiger partial charge is 0.383 e. The van der Waals surface area contributed by atoms with Crippen molar-refractivity contribution in [2.24, 2.45) is 11.7 Å². The first-order valence-corrected chi connectivity index (χ1v) is 4.85. The summed E-state index contributed by atoms with van der Waals surface area (Å²) in [7, 11) is 1.63. The molecule has 1 saturated heterocycles. The molecule has 1 amide bonds. The Kier molecular flexibility index (Phi) is 4.31. The molecule has 5 nitrogen and oxygen atoms in total. The van der Waals surface area contributed by atoms with E-state index in [2.05, 4.69) is 0 Å². The van der Waals surface area contributed by atoms with E-state index in [-0.39, 0.29) is 11.8 Å². The summed E-state index contributed by atoms with van der Waals surface area (Å²) in [6.07, 6.45) is 0.617. The van der Waals surface area contributed by atoms with Crippen LogP contribution in [0.2, 0.25) is 0 Å². The molecule has 0 aromatic heterocycles. The minimum atomic E-state index is -0.559. The number of amides is 1. The second-order valence-electron chi connectivity index (χ2n) is 3.63. The number of rotatable bonds is 4. The van der Waals surface area contributed by atoms with E-state index in [1.54, 1.807) is 7.11 Å². The van der Waals surface area contributed by atoms with E-state index in [1.165, 1.54) is 0 Å². The predicted molar refractivity (Wildman–Crippen MR) is 51.4 cm³/mol. The third kappa shape index (κ3) is 2.94. The quantitative estimate of drug-likeness (QED) is 0.622. The van der Waals surface area contributed by atoms with Gasteiger partial charge >= 0.3 is 0 Å². The number of nitrogens with zero attached hydrogens (tertiary/aromatic N) is 1. The molecule has 2 atom stereocenters. The summed E-state index contributed by atoms with van der Waals surface area (Å²) < 4.78 is 4.92. The Hall–Kier alpha value is -0.650. The lowest BCUT2D eigenvalue weighted by molar-refractivity contribution is -0.128. The lowest BCUT2D eigenvalue weighted by atomic mass is 9.95. The van der Waals surface area contributed by atoms with Gasteiger partial charge in [0.2, 0.25) is 5.91 Å². The van der Waals surface area contributed by atoms with Crippen molar-refractivity contribution in [3.8, 4) is 0 Å². The molecule has 0 radical (unpaired) electrons. The standard InChI is InChI=1S/C9H18N2O3/c1-14-5-4-11-3-2-7(9(10)13)6-8(11)12/h7-8,12H,2-6H2,1H3,(H2,10,13). The molecule has 1 aliphatic rings. The van der Waals surface area contributed by atoms with Gasteiger partial charge in [-0.3, -0.25) is 9.69 Å². The van der Waals surface area contributed by atoms with Crippen molar-refractivity contribution in [1.29, 1.82) is 0 Å². The average molecular weight is 202 g/mol. The zero-order valence-electron chi connectivity index (χ0n) is 8.48. The number of methoxy groups -OCH3 is 1. The maximum Gasteiger partial charge on any atom is 0.220 e. The van der Waals surface area contributed by atoms with Gasteiger partial charge in [0.05, 0.1) is 6.61 Å². The van der Waals surface area contributed by atoms with Crippen molar-refractivity contribution >= 4 is 5.91 Å².